The Hall–Kier alpha value is -0.570. The molecule has 1 aromatic carbocycles. The molecule has 0 radical (unpaired) electrons. The van der Waals surface area contributed by atoms with Gasteiger partial charge in [-0.3, -0.25) is 0 Å². The number of benzene rings is 1. The summed E-state index contributed by atoms with van der Waals surface area (Å²) in [6.45, 7) is 7.05. The van der Waals surface area contributed by atoms with Crippen molar-refractivity contribution in [3.8, 4) is 0 Å². The van der Waals surface area contributed by atoms with Crippen LogP contribution in [-0.4, -0.2) is 25.1 Å². The van der Waals surface area contributed by atoms with Crippen LogP contribution < -0.4 is 5.32 Å². The number of ether oxygens (including phenoxy) is 1. The summed E-state index contributed by atoms with van der Waals surface area (Å²) in [5, 5.41) is 3.46. The second kappa shape index (κ2) is 10.2. The van der Waals surface area contributed by atoms with E-state index in [9.17, 15) is 0 Å². The molecule has 1 N–H and O–H groups in total. The van der Waals surface area contributed by atoms with Crippen LogP contribution in [0.25, 0.3) is 0 Å². The maximum Gasteiger partial charge on any atom is 0.0598 e. The van der Waals surface area contributed by atoms with Crippen LogP contribution >= 0.6 is 11.6 Å². The summed E-state index contributed by atoms with van der Waals surface area (Å²) >= 11 is 5.82. The number of halogens is 1. The van der Waals surface area contributed by atoms with Crippen LogP contribution in [0.15, 0.2) is 30.3 Å². The predicted molar refractivity (Wildman–Crippen MR) is 82.7 cm³/mol. The number of rotatable bonds is 10. The van der Waals surface area contributed by atoms with E-state index in [2.05, 4.69) is 43.4 Å². The summed E-state index contributed by atoms with van der Waals surface area (Å²) in [6.07, 6.45) is 2.23. The molecule has 0 aliphatic rings. The molecule has 2 nitrogen and oxygen atoms in total. The van der Waals surface area contributed by atoms with Crippen molar-refractivity contribution in [1.82, 2.24) is 5.32 Å². The molecule has 0 aromatic heterocycles. The van der Waals surface area contributed by atoms with E-state index >= 15 is 0 Å². The SMILES string of the molecule is CC(C)COC(CCCl)CCNCc1ccccc1. The van der Waals surface area contributed by atoms with E-state index in [4.69, 9.17) is 16.3 Å². The summed E-state index contributed by atoms with van der Waals surface area (Å²) in [7, 11) is 0. The Kier molecular flexibility index (Phi) is 8.89. The normalized spacial score (nSPS) is 12.8. The Labute approximate surface area is 122 Å². The highest BCUT2D eigenvalue weighted by Crippen LogP contribution is 2.07. The minimum Gasteiger partial charge on any atom is -0.378 e. The van der Waals surface area contributed by atoms with Gasteiger partial charge in [0.1, 0.15) is 0 Å². The molecular weight excluding hydrogens is 258 g/mol. The third-order valence-corrected chi connectivity index (χ3v) is 3.13. The predicted octanol–water partition coefficient (Wildman–Crippen LogP) is 3.84. The Bertz CT molecular complexity index is 316. The molecule has 0 bridgehead atoms. The average molecular weight is 284 g/mol. The van der Waals surface area contributed by atoms with E-state index in [-0.39, 0.29) is 6.10 Å². The van der Waals surface area contributed by atoms with Gasteiger partial charge in [-0.05, 0) is 30.9 Å². The molecule has 108 valence electrons. The van der Waals surface area contributed by atoms with Gasteiger partial charge in [-0.2, -0.15) is 0 Å². The van der Waals surface area contributed by atoms with Gasteiger partial charge in [0.25, 0.3) is 0 Å². The van der Waals surface area contributed by atoms with E-state index in [0.717, 1.165) is 32.5 Å². The van der Waals surface area contributed by atoms with Crippen LogP contribution in [0.2, 0.25) is 0 Å². The van der Waals surface area contributed by atoms with Crippen molar-refractivity contribution in [2.45, 2.75) is 39.3 Å². The Morgan fingerprint density at radius 2 is 1.89 bits per heavy atom. The topological polar surface area (TPSA) is 21.3 Å². The van der Waals surface area contributed by atoms with Gasteiger partial charge in [-0.1, -0.05) is 44.2 Å². The highest BCUT2D eigenvalue weighted by molar-refractivity contribution is 6.17. The van der Waals surface area contributed by atoms with Gasteiger partial charge in [0.15, 0.2) is 0 Å². The second-order valence-electron chi connectivity index (χ2n) is 5.28. The van der Waals surface area contributed by atoms with Crippen molar-refractivity contribution < 1.29 is 4.74 Å². The first-order valence-electron chi connectivity index (χ1n) is 7.14. The molecule has 1 atom stereocenters. The zero-order valence-corrected chi connectivity index (χ0v) is 12.8. The van der Waals surface area contributed by atoms with Crippen molar-refractivity contribution in [2.24, 2.45) is 5.92 Å². The van der Waals surface area contributed by atoms with E-state index in [1.165, 1.54) is 5.56 Å². The van der Waals surface area contributed by atoms with Gasteiger partial charge in [0.05, 0.1) is 6.10 Å². The first-order chi connectivity index (χ1) is 9.22. The molecule has 0 saturated heterocycles. The van der Waals surface area contributed by atoms with Crippen LogP contribution in [-0.2, 0) is 11.3 Å². The molecule has 0 spiro atoms. The van der Waals surface area contributed by atoms with Gasteiger partial charge in [0.2, 0.25) is 0 Å². The third kappa shape index (κ3) is 8.25. The van der Waals surface area contributed by atoms with Crippen molar-refractivity contribution in [3.05, 3.63) is 35.9 Å². The van der Waals surface area contributed by atoms with E-state index < -0.39 is 0 Å². The fourth-order valence-corrected chi connectivity index (χ4v) is 2.10. The lowest BCUT2D eigenvalue weighted by molar-refractivity contribution is 0.0292. The summed E-state index contributed by atoms with van der Waals surface area (Å²) in [4.78, 5) is 0. The lowest BCUT2D eigenvalue weighted by atomic mass is 10.1. The third-order valence-electron chi connectivity index (χ3n) is 2.91. The van der Waals surface area contributed by atoms with Gasteiger partial charge < -0.3 is 10.1 Å². The molecular formula is C16H26ClNO. The van der Waals surface area contributed by atoms with Gasteiger partial charge in [-0.15, -0.1) is 11.6 Å². The fourth-order valence-electron chi connectivity index (χ4n) is 1.85. The molecule has 19 heavy (non-hydrogen) atoms. The number of hydrogen-bond donors (Lipinski definition) is 1. The van der Waals surface area contributed by atoms with Crippen LogP contribution in [0, 0.1) is 5.92 Å². The highest BCUT2D eigenvalue weighted by Gasteiger charge is 2.09. The maximum absolute atomic E-state index is 5.87. The van der Waals surface area contributed by atoms with Crippen molar-refractivity contribution in [3.63, 3.8) is 0 Å². The average Bonchev–Trinajstić information content (AvgIpc) is 2.41. The minimum absolute atomic E-state index is 0.281. The van der Waals surface area contributed by atoms with Gasteiger partial charge in [0, 0.05) is 19.0 Å². The van der Waals surface area contributed by atoms with Crippen LogP contribution in [0.5, 0.6) is 0 Å². The summed E-state index contributed by atoms with van der Waals surface area (Å²) in [5.41, 5.74) is 1.32. The van der Waals surface area contributed by atoms with E-state index in [0.29, 0.717) is 11.8 Å². The van der Waals surface area contributed by atoms with E-state index in [1.54, 1.807) is 0 Å². The summed E-state index contributed by atoms with van der Waals surface area (Å²) < 4.78 is 5.87. The molecule has 0 heterocycles. The molecule has 0 aliphatic heterocycles. The zero-order chi connectivity index (χ0) is 13.9. The largest absolute Gasteiger partial charge is 0.378 e. The number of alkyl halides is 1. The van der Waals surface area contributed by atoms with E-state index in [1.807, 2.05) is 6.07 Å². The van der Waals surface area contributed by atoms with Gasteiger partial charge >= 0.3 is 0 Å². The number of hydrogen-bond acceptors (Lipinski definition) is 2. The van der Waals surface area contributed by atoms with Crippen LogP contribution in [0.3, 0.4) is 0 Å². The molecule has 0 amide bonds. The molecule has 3 heteroatoms. The smallest absolute Gasteiger partial charge is 0.0598 e. The summed E-state index contributed by atoms with van der Waals surface area (Å²) in [5.74, 6) is 1.25. The van der Waals surface area contributed by atoms with Crippen molar-refractivity contribution in [1.29, 1.82) is 0 Å². The molecule has 0 aliphatic carbocycles. The quantitative estimate of drug-likeness (QED) is 0.520. The number of nitrogens with one attached hydrogen (secondary N) is 1. The first kappa shape index (κ1) is 16.5. The Balaban J connectivity index is 2.17. The molecule has 0 saturated carbocycles. The lowest BCUT2D eigenvalue weighted by Crippen LogP contribution is -2.24. The van der Waals surface area contributed by atoms with Crippen molar-refractivity contribution >= 4 is 11.6 Å². The Morgan fingerprint density at radius 3 is 2.53 bits per heavy atom. The molecule has 0 fully saturated rings. The monoisotopic (exact) mass is 283 g/mol. The standard InChI is InChI=1S/C16H26ClNO/c1-14(2)13-19-16(8-10-17)9-11-18-12-15-6-4-3-5-7-15/h3-7,14,16,18H,8-13H2,1-2H3. The molecule has 1 rings (SSSR count). The van der Waals surface area contributed by atoms with Crippen LogP contribution in [0.4, 0.5) is 0 Å². The lowest BCUT2D eigenvalue weighted by Gasteiger charge is -2.18. The molecule has 1 unspecified atom stereocenters. The minimum atomic E-state index is 0.281. The molecule has 1 aromatic rings. The fraction of sp³-hybridized carbons (Fsp3) is 0.625. The van der Waals surface area contributed by atoms with Crippen LogP contribution in [0.1, 0.15) is 32.3 Å². The zero-order valence-electron chi connectivity index (χ0n) is 12.1. The first-order valence-corrected chi connectivity index (χ1v) is 7.68. The second-order valence-corrected chi connectivity index (χ2v) is 5.66. The Morgan fingerprint density at radius 1 is 1.16 bits per heavy atom. The van der Waals surface area contributed by atoms with Gasteiger partial charge in [-0.25, -0.2) is 0 Å². The van der Waals surface area contributed by atoms with Crippen molar-refractivity contribution in [2.75, 3.05) is 19.0 Å². The maximum atomic E-state index is 5.87. The highest BCUT2D eigenvalue weighted by atomic mass is 35.5. The summed E-state index contributed by atoms with van der Waals surface area (Å²) in [6, 6.07) is 10.5.